The lowest BCUT2D eigenvalue weighted by molar-refractivity contribution is 0.239. The van der Waals surface area contributed by atoms with Crippen LogP contribution in [0.15, 0.2) is 0 Å². The van der Waals surface area contributed by atoms with Gasteiger partial charge in [-0.15, -0.1) is 0 Å². The van der Waals surface area contributed by atoms with Gasteiger partial charge in [-0.05, 0) is 31.7 Å². The average molecular weight is 170 g/mol. The Morgan fingerprint density at radius 3 is 2.33 bits per heavy atom. The summed E-state index contributed by atoms with van der Waals surface area (Å²) in [4.78, 5) is 0. The third-order valence-corrected chi connectivity index (χ3v) is 3.25. The van der Waals surface area contributed by atoms with Crippen molar-refractivity contribution in [2.45, 2.75) is 38.6 Å². The van der Waals surface area contributed by atoms with Crippen LogP contribution >= 0.6 is 0 Å². The summed E-state index contributed by atoms with van der Waals surface area (Å²) < 4.78 is 0. The van der Waals surface area contributed by atoms with Gasteiger partial charge in [0.15, 0.2) is 0 Å². The average Bonchev–Trinajstić information content (AvgIpc) is 2.10. The number of nitrogens with one attached hydrogen (secondary N) is 1. The predicted octanol–water partition coefficient (Wildman–Crippen LogP) is 1.36. The number of likely N-dealkylation sites (N-methyl/N-ethyl adjacent to an activating group) is 1. The first kappa shape index (κ1) is 10.0. The maximum Gasteiger partial charge on any atom is 0.0215 e. The minimum atomic E-state index is 0.553. The number of nitrogens with two attached hydrogens (primary N) is 1. The van der Waals surface area contributed by atoms with Gasteiger partial charge in [-0.25, -0.2) is 0 Å². The van der Waals surface area contributed by atoms with Crippen molar-refractivity contribution >= 4 is 0 Å². The molecule has 0 aromatic rings. The minimum Gasteiger partial charge on any atom is -0.329 e. The first-order chi connectivity index (χ1) is 5.77. The normalized spacial score (nSPS) is 33.2. The Hall–Kier alpha value is -0.0800. The van der Waals surface area contributed by atoms with Crippen LogP contribution in [0.1, 0.15) is 32.6 Å². The molecule has 1 rings (SSSR count). The summed E-state index contributed by atoms with van der Waals surface area (Å²) in [6.07, 6.45) is 5.51. The standard InChI is InChI=1S/C10H22N2/c1-8-3-5-9(6-4-8)10(7-11)12-2/h8-10,12H,3-7,11H2,1-2H3. The highest BCUT2D eigenvalue weighted by Crippen LogP contribution is 2.29. The van der Waals surface area contributed by atoms with E-state index >= 15 is 0 Å². The Labute approximate surface area is 75.9 Å². The number of hydrogen-bond donors (Lipinski definition) is 2. The molecule has 0 saturated heterocycles. The van der Waals surface area contributed by atoms with Gasteiger partial charge in [0.05, 0.1) is 0 Å². The Kier molecular flexibility index (Phi) is 4.02. The summed E-state index contributed by atoms with van der Waals surface area (Å²) in [5, 5.41) is 3.31. The van der Waals surface area contributed by atoms with Crippen molar-refractivity contribution in [3.63, 3.8) is 0 Å². The zero-order valence-corrected chi connectivity index (χ0v) is 8.34. The van der Waals surface area contributed by atoms with Crippen molar-refractivity contribution < 1.29 is 0 Å². The fourth-order valence-electron chi connectivity index (χ4n) is 2.23. The molecule has 72 valence electrons. The molecule has 2 heteroatoms. The number of rotatable bonds is 3. The van der Waals surface area contributed by atoms with E-state index in [1.54, 1.807) is 0 Å². The smallest absolute Gasteiger partial charge is 0.0215 e. The van der Waals surface area contributed by atoms with Gasteiger partial charge in [0.1, 0.15) is 0 Å². The fourth-order valence-corrected chi connectivity index (χ4v) is 2.23. The molecular formula is C10H22N2. The molecule has 0 heterocycles. The van der Waals surface area contributed by atoms with E-state index in [2.05, 4.69) is 12.2 Å². The molecule has 0 aliphatic heterocycles. The molecule has 3 N–H and O–H groups in total. The summed E-state index contributed by atoms with van der Waals surface area (Å²) in [6.45, 7) is 3.14. The Morgan fingerprint density at radius 1 is 1.33 bits per heavy atom. The Bertz CT molecular complexity index is 113. The summed E-state index contributed by atoms with van der Waals surface area (Å²) in [5.41, 5.74) is 5.69. The van der Waals surface area contributed by atoms with Gasteiger partial charge in [-0.1, -0.05) is 19.8 Å². The maximum atomic E-state index is 5.69. The largest absolute Gasteiger partial charge is 0.329 e. The van der Waals surface area contributed by atoms with Crippen LogP contribution in [0, 0.1) is 11.8 Å². The predicted molar refractivity (Wildman–Crippen MR) is 53.0 cm³/mol. The molecule has 0 aromatic carbocycles. The zero-order valence-electron chi connectivity index (χ0n) is 8.34. The van der Waals surface area contributed by atoms with Crippen LogP contribution in [0.5, 0.6) is 0 Å². The zero-order chi connectivity index (χ0) is 8.97. The molecule has 0 aromatic heterocycles. The van der Waals surface area contributed by atoms with Gasteiger partial charge in [0, 0.05) is 12.6 Å². The molecular weight excluding hydrogens is 148 g/mol. The van der Waals surface area contributed by atoms with Crippen LogP contribution in [0.2, 0.25) is 0 Å². The van der Waals surface area contributed by atoms with Gasteiger partial charge >= 0.3 is 0 Å². The SMILES string of the molecule is CNC(CN)C1CCC(C)CC1. The van der Waals surface area contributed by atoms with E-state index in [4.69, 9.17) is 5.73 Å². The van der Waals surface area contributed by atoms with Crippen LogP contribution in [0.25, 0.3) is 0 Å². The van der Waals surface area contributed by atoms with Crippen molar-refractivity contribution in [3.8, 4) is 0 Å². The van der Waals surface area contributed by atoms with E-state index in [1.807, 2.05) is 7.05 Å². The lowest BCUT2D eigenvalue weighted by atomic mass is 9.79. The molecule has 2 nitrogen and oxygen atoms in total. The molecule has 0 spiro atoms. The molecule has 1 unspecified atom stereocenters. The summed E-state index contributed by atoms with van der Waals surface area (Å²) in [6, 6.07) is 0.553. The van der Waals surface area contributed by atoms with E-state index in [-0.39, 0.29) is 0 Å². The lowest BCUT2D eigenvalue weighted by Gasteiger charge is -2.31. The highest BCUT2D eigenvalue weighted by molar-refractivity contribution is 4.80. The van der Waals surface area contributed by atoms with Crippen molar-refractivity contribution in [1.29, 1.82) is 0 Å². The first-order valence-electron chi connectivity index (χ1n) is 5.15. The maximum absolute atomic E-state index is 5.69. The number of hydrogen-bond acceptors (Lipinski definition) is 2. The van der Waals surface area contributed by atoms with Crippen LogP contribution < -0.4 is 11.1 Å². The molecule has 12 heavy (non-hydrogen) atoms. The van der Waals surface area contributed by atoms with Gasteiger partial charge in [0.2, 0.25) is 0 Å². The van der Waals surface area contributed by atoms with E-state index in [0.717, 1.165) is 18.4 Å². The van der Waals surface area contributed by atoms with Crippen molar-refractivity contribution in [1.82, 2.24) is 5.32 Å². The second-order valence-electron chi connectivity index (χ2n) is 4.15. The van der Waals surface area contributed by atoms with E-state index in [0.29, 0.717) is 6.04 Å². The first-order valence-corrected chi connectivity index (χ1v) is 5.15. The highest BCUT2D eigenvalue weighted by Gasteiger charge is 2.23. The highest BCUT2D eigenvalue weighted by atomic mass is 14.9. The van der Waals surface area contributed by atoms with Gasteiger partial charge in [-0.3, -0.25) is 0 Å². The molecule has 1 atom stereocenters. The monoisotopic (exact) mass is 170 g/mol. The molecule has 1 aliphatic rings. The molecule has 0 amide bonds. The van der Waals surface area contributed by atoms with Crippen molar-refractivity contribution in [2.24, 2.45) is 17.6 Å². The van der Waals surface area contributed by atoms with E-state index in [1.165, 1.54) is 25.7 Å². The van der Waals surface area contributed by atoms with E-state index < -0.39 is 0 Å². The van der Waals surface area contributed by atoms with Crippen LogP contribution in [-0.4, -0.2) is 19.6 Å². The summed E-state index contributed by atoms with van der Waals surface area (Å²) in [7, 11) is 2.02. The minimum absolute atomic E-state index is 0.553. The molecule has 1 aliphatic carbocycles. The Balaban J connectivity index is 2.32. The van der Waals surface area contributed by atoms with Gasteiger partial charge < -0.3 is 11.1 Å². The second kappa shape index (κ2) is 4.83. The van der Waals surface area contributed by atoms with Gasteiger partial charge in [0.25, 0.3) is 0 Å². The molecule has 1 fully saturated rings. The summed E-state index contributed by atoms with van der Waals surface area (Å²) in [5.74, 6) is 1.77. The third kappa shape index (κ3) is 2.46. The lowest BCUT2D eigenvalue weighted by Crippen LogP contribution is -2.41. The van der Waals surface area contributed by atoms with Crippen molar-refractivity contribution in [2.75, 3.05) is 13.6 Å². The second-order valence-corrected chi connectivity index (χ2v) is 4.15. The van der Waals surface area contributed by atoms with Gasteiger partial charge in [-0.2, -0.15) is 0 Å². The Morgan fingerprint density at radius 2 is 1.92 bits per heavy atom. The fraction of sp³-hybridized carbons (Fsp3) is 1.00. The summed E-state index contributed by atoms with van der Waals surface area (Å²) >= 11 is 0. The van der Waals surface area contributed by atoms with E-state index in [9.17, 15) is 0 Å². The molecule has 1 saturated carbocycles. The van der Waals surface area contributed by atoms with Crippen LogP contribution in [-0.2, 0) is 0 Å². The molecule has 0 bridgehead atoms. The van der Waals surface area contributed by atoms with Crippen LogP contribution in [0.3, 0.4) is 0 Å². The van der Waals surface area contributed by atoms with Crippen LogP contribution in [0.4, 0.5) is 0 Å². The third-order valence-electron chi connectivity index (χ3n) is 3.25. The quantitative estimate of drug-likeness (QED) is 0.671. The van der Waals surface area contributed by atoms with Crippen molar-refractivity contribution in [3.05, 3.63) is 0 Å². The molecule has 0 radical (unpaired) electrons. The topological polar surface area (TPSA) is 38.0 Å².